The van der Waals surface area contributed by atoms with Crippen LogP contribution in [-0.2, 0) is 6.42 Å². The molecule has 0 radical (unpaired) electrons. The van der Waals surface area contributed by atoms with Gasteiger partial charge in [0.05, 0.1) is 0 Å². The van der Waals surface area contributed by atoms with Crippen molar-refractivity contribution in [3.8, 4) is 0 Å². The molecule has 0 bridgehead atoms. The molecule has 0 saturated carbocycles. The fourth-order valence-corrected chi connectivity index (χ4v) is 1.97. The van der Waals surface area contributed by atoms with Crippen molar-refractivity contribution in [2.45, 2.75) is 12.5 Å². The SMILES string of the molecule is NCC(Cc1ccccc1)NC(=O)Nc1ccccc1. The summed E-state index contributed by atoms with van der Waals surface area (Å²) < 4.78 is 0. The van der Waals surface area contributed by atoms with E-state index in [9.17, 15) is 4.79 Å². The minimum Gasteiger partial charge on any atom is -0.334 e. The number of rotatable bonds is 5. The predicted octanol–water partition coefficient (Wildman–Crippen LogP) is 2.38. The van der Waals surface area contributed by atoms with E-state index < -0.39 is 0 Å². The zero-order valence-electron chi connectivity index (χ0n) is 11.3. The van der Waals surface area contributed by atoms with Gasteiger partial charge in [0.15, 0.2) is 0 Å². The van der Waals surface area contributed by atoms with E-state index in [2.05, 4.69) is 10.6 Å². The van der Waals surface area contributed by atoms with Crippen LogP contribution in [0, 0.1) is 0 Å². The van der Waals surface area contributed by atoms with Crippen LogP contribution in [0.2, 0.25) is 0 Å². The quantitative estimate of drug-likeness (QED) is 0.780. The zero-order chi connectivity index (χ0) is 14.2. The minimum absolute atomic E-state index is 0.0823. The van der Waals surface area contributed by atoms with Crippen molar-refractivity contribution >= 4 is 11.7 Å². The standard InChI is InChI=1S/C16H19N3O/c17-12-15(11-13-7-3-1-4-8-13)19-16(20)18-14-9-5-2-6-10-14/h1-10,15H,11-12,17H2,(H2,18,19,20). The number of amides is 2. The molecule has 0 aliphatic rings. The molecule has 1 atom stereocenters. The van der Waals surface area contributed by atoms with E-state index in [0.29, 0.717) is 6.54 Å². The normalized spacial score (nSPS) is 11.7. The van der Waals surface area contributed by atoms with Crippen molar-refractivity contribution in [2.75, 3.05) is 11.9 Å². The van der Waals surface area contributed by atoms with Gasteiger partial charge in [0.1, 0.15) is 0 Å². The second-order valence-electron chi connectivity index (χ2n) is 4.59. The van der Waals surface area contributed by atoms with Crippen molar-refractivity contribution in [2.24, 2.45) is 5.73 Å². The molecule has 2 rings (SSSR count). The molecule has 0 saturated heterocycles. The van der Waals surface area contributed by atoms with Crippen molar-refractivity contribution in [3.63, 3.8) is 0 Å². The van der Waals surface area contributed by atoms with Crippen LogP contribution in [0.1, 0.15) is 5.56 Å². The van der Waals surface area contributed by atoms with E-state index in [1.54, 1.807) is 0 Å². The van der Waals surface area contributed by atoms with Crippen LogP contribution in [0.25, 0.3) is 0 Å². The van der Waals surface area contributed by atoms with E-state index in [4.69, 9.17) is 5.73 Å². The summed E-state index contributed by atoms with van der Waals surface area (Å²) in [6, 6.07) is 19.0. The monoisotopic (exact) mass is 269 g/mol. The van der Waals surface area contributed by atoms with Crippen LogP contribution in [-0.4, -0.2) is 18.6 Å². The summed E-state index contributed by atoms with van der Waals surface area (Å²) in [4.78, 5) is 11.9. The van der Waals surface area contributed by atoms with E-state index in [0.717, 1.165) is 17.7 Å². The number of nitrogens with one attached hydrogen (secondary N) is 2. The van der Waals surface area contributed by atoms with Crippen LogP contribution in [0.5, 0.6) is 0 Å². The molecule has 0 heterocycles. The summed E-state index contributed by atoms with van der Waals surface area (Å²) in [5, 5.41) is 5.68. The van der Waals surface area contributed by atoms with Gasteiger partial charge < -0.3 is 16.4 Å². The van der Waals surface area contributed by atoms with Crippen LogP contribution in [0.4, 0.5) is 10.5 Å². The first kappa shape index (κ1) is 14.1. The van der Waals surface area contributed by atoms with Gasteiger partial charge in [-0.05, 0) is 24.1 Å². The molecule has 4 heteroatoms. The number of hydrogen-bond acceptors (Lipinski definition) is 2. The van der Waals surface area contributed by atoms with Crippen molar-refractivity contribution in [3.05, 3.63) is 66.2 Å². The van der Waals surface area contributed by atoms with Crippen molar-refractivity contribution in [1.82, 2.24) is 5.32 Å². The molecule has 104 valence electrons. The van der Waals surface area contributed by atoms with Gasteiger partial charge in [0.25, 0.3) is 0 Å². The maximum Gasteiger partial charge on any atom is 0.319 e. The maximum absolute atomic E-state index is 11.9. The number of urea groups is 1. The van der Waals surface area contributed by atoms with Gasteiger partial charge in [-0.15, -0.1) is 0 Å². The molecule has 1 unspecified atom stereocenters. The summed E-state index contributed by atoms with van der Waals surface area (Å²) in [6.45, 7) is 0.400. The summed E-state index contributed by atoms with van der Waals surface area (Å²) in [7, 11) is 0. The van der Waals surface area contributed by atoms with E-state index in [1.165, 1.54) is 0 Å². The second-order valence-corrected chi connectivity index (χ2v) is 4.59. The molecular weight excluding hydrogens is 250 g/mol. The van der Waals surface area contributed by atoms with Crippen molar-refractivity contribution in [1.29, 1.82) is 0 Å². The van der Waals surface area contributed by atoms with Gasteiger partial charge in [-0.1, -0.05) is 48.5 Å². The molecule has 0 fully saturated rings. The van der Waals surface area contributed by atoms with E-state index in [-0.39, 0.29) is 12.1 Å². The maximum atomic E-state index is 11.9. The highest BCUT2D eigenvalue weighted by atomic mass is 16.2. The lowest BCUT2D eigenvalue weighted by Gasteiger charge is -2.17. The van der Waals surface area contributed by atoms with Gasteiger partial charge in [-0.3, -0.25) is 0 Å². The first-order valence-corrected chi connectivity index (χ1v) is 6.64. The van der Waals surface area contributed by atoms with Gasteiger partial charge in [0.2, 0.25) is 0 Å². The lowest BCUT2D eigenvalue weighted by molar-refractivity contribution is 0.248. The number of benzene rings is 2. The first-order chi connectivity index (χ1) is 9.78. The molecule has 0 aliphatic heterocycles. The lowest BCUT2D eigenvalue weighted by atomic mass is 10.1. The highest BCUT2D eigenvalue weighted by Gasteiger charge is 2.11. The predicted molar refractivity (Wildman–Crippen MR) is 81.6 cm³/mol. The van der Waals surface area contributed by atoms with E-state index >= 15 is 0 Å². The molecule has 0 aromatic heterocycles. The third kappa shape index (κ3) is 4.40. The van der Waals surface area contributed by atoms with Gasteiger partial charge >= 0.3 is 6.03 Å². The molecule has 2 amide bonds. The van der Waals surface area contributed by atoms with Crippen LogP contribution in [0.3, 0.4) is 0 Å². The molecule has 0 spiro atoms. The minimum atomic E-state index is -0.234. The Morgan fingerprint density at radius 1 is 1.00 bits per heavy atom. The number of anilines is 1. The summed E-state index contributed by atoms with van der Waals surface area (Å²) in [6.07, 6.45) is 0.722. The zero-order valence-corrected chi connectivity index (χ0v) is 11.3. The number of carbonyl (C=O) groups excluding carboxylic acids is 1. The number of carbonyl (C=O) groups is 1. The first-order valence-electron chi connectivity index (χ1n) is 6.64. The topological polar surface area (TPSA) is 67.1 Å². The Balaban J connectivity index is 1.88. The largest absolute Gasteiger partial charge is 0.334 e. The molecule has 20 heavy (non-hydrogen) atoms. The Hall–Kier alpha value is -2.33. The molecule has 4 N–H and O–H groups in total. The van der Waals surface area contributed by atoms with Gasteiger partial charge in [0, 0.05) is 18.3 Å². The Bertz CT molecular complexity index is 528. The molecule has 2 aromatic carbocycles. The highest BCUT2D eigenvalue weighted by molar-refractivity contribution is 5.89. The van der Waals surface area contributed by atoms with Crippen LogP contribution < -0.4 is 16.4 Å². The number of hydrogen-bond donors (Lipinski definition) is 3. The third-order valence-electron chi connectivity index (χ3n) is 2.98. The Morgan fingerprint density at radius 2 is 1.60 bits per heavy atom. The van der Waals surface area contributed by atoms with Crippen LogP contribution >= 0.6 is 0 Å². The fraction of sp³-hybridized carbons (Fsp3) is 0.188. The average molecular weight is 269 g/mol. The van der Waals surface area contributed by atoms with Gasteiger partial charge in [-0.25, -0.2) is 4.79 Å². The molecule has 4 nitrogen and oxygen atoms in total. The second kappa shape index (κ2) is 7.31. The molecular formula is C16H19N3O. The number of nitrogens with two attached hydrogens (primary N) is 1. The van der Waals surface area contributed by atoms with E-state index in [1.807, 2.05) is 60.7 Å². The smallest absolute Gasteiger partial charge is 0.319 e. The highest BCUT2D eigenvalue weighted by Crippen LogP contribution is 2.06. The number of para-hydroxylation sites is 1. The third-order valence-corrected chi connectivity index (χ3v) is 2.98. The fourth-order valence-electron chi connectivity index (χ4n) is 1.97. The molecule has 2 aromatic rings. The summed E-state index contributed by atoms with van der Waals surface area (Å²) in [5.41, 5.74) is 7.64. The van der Waals surface area contributed by atoms with Crippen LogP contribution in [0.15, 0.2) is 60.7 Å². The Kier molecular flexibility index (Phi) is 5.15. The lowest BCUT2D eigenvalue weighted by Crippen LogP contribution is -2.43. The summed E-state index contributed by atoms with van der Waals surface area (Å²) >= 11 is 0. The Labute approximate surface area is 119 Å². The van der Waals surface area contributed by atoms with Gasteiger partial charge in [-0.2, -0.15) is 0 Å². The Morgan fingerprint density at radius 3 is 2.20 bits per heavy atom. The molecule has 0 aliphatic carbocycles. The summed E-state index contributed by atoms with van der Waals surface area (Å²) in [5.74, 6) is 0. The van der Waals surface area contributed by atoms with Crippen molar-refractivity contribution < 1.29 is 4.79 Å². The average Bonchev–Trinajstić information content (AvgIpc) is 2.48.